The zero-order valence-corrected chi connectivity index (χ0v) is 15.2. The van der Waals surface area contributed by atoms with Crippen molar-refractivity contribution in [2.24, 2.45) is 0 Å². The SMILES string of the molecule is C[C@H](Nc1nc(Cl)cc(N2CCC(O)(CO)CC2)n1)c1ccc(F)cc1. The Morgan fingerprint density at radius 3 is 2.54 bits per heavy atom. The fourth-order valence-corrected chi connectivity index (χ4v) is 3.15. The van der Waals surface area contributed by atoms with Gasteiger partial charge in [-0.2, -0.15) is 4.98 Å². The van der Waals surface area contributed by atoms with Crippen LogP contribution in [0.5, 0.6) is 0 Å². The monoisotopic (exact) mass is 380 g/mol. The zero-order chi connectivity index (χ0) is 18.7. The molecule has 0 saturated carbocycles. The van der Waals surface area contributed by atoms with Gasteiger partial charge in [-0.05, 0) is 37.5 Å². The second kappa shape index (κ2) is 7.73. The van der Waals surface area contributed by atoms with Gasteiger partial charge in [0.1, 0.15) is 16.8 Å². The number of nitrogens with zero attached hydrogens (tertiary/aromatic N) is 3. The number of nitrogens with one attached hydrogen (secondary N) is 1. The quantitative estimate of drug-likeness (QED) is 0.692. The number of hydrogen-bond acceptors (Lipinski definition) is 6. The number of aliphatic hydroxyl groups is 2. The molecule has 3 N–H and O–H groups in total. The van der Waals surface area contributed by atoms with Gasteiger partial charge in [0.15, 0.2) is 0 Å². The third-order valence-corrected chi connectivity index (χ3v) is 4.90. The van der Waals surface area contributed by atoms with Gasteiger partial charge in [-0.3, -0.25) is 0 Å². The first-order valence-electron chi connectivity index (χ1n) is 8.53. The molecule has 2 heterocycles. The highest BCUT2D eigenvalue weighted by molar-refractivity contribution is 6.29. The van der Waals surface area contributed by atoms with Crippen molar-refractivity contribution in [1.82, 2.24) is 9.97 Å². The summed E-state index contributed by atoms with van der Waals surface area (Å²) in [6, 6.07) is 7.79. The standard InChI is InChI=1S/C18H22ClFN4O2/c1-12(13-2-4-14(20)5-3-13)21-17-22-15(19)10-16(23-17)24-8-6-18(26,11-25)7-9-24/h2-5,10,12,25-26H,6-9,11H2,1H3,(H,21,22,23)/t12-/m0/s1. The molecule has 2 aromatic rings. The summed E-state index contributed by atoms with van der Waals surface area (Å²) in [5, 5.41) is 22.9. The van der Waals surface area contributed by atoms with E-state index in [9.17, 15) is 14.6 Å². The molecule has 26 heavy (non-hydrogen) atoms. The Hall–Kier alpha value is -1.96. The Morgan fingerprint density at radius 2 is 1.92 bits per heavy atom. The molecule has 0 unspecified atom stereocenters. The van der Waals surface area contributed by atoms with Gasteiger partial charge in [-0.15, -0.1) is 0 Å². The minimum atomic E-state index is -1.02. The van der Waals surface area contributed by atoms with Gasteiger partial charge in [0.2, 0.25) is 5.95 Å². The molecule has 1 fully saturated rings. The minimum Gasteiger partial charge on any atom is -0.393 e. The predicted molar refractivity (Wildman–Crippen MR) is 99.0 cm³/mol. The highest BCUT2D eigenvalue weighted by Gasteiger charge is 2.32. The van der Waals surface area contributed by atoms with Crippen LogP contribution in [0.2, 0.25) is 5.15 Å². The number of halogens is 2. The van der Waals surface area contributed by atoms with Crippen LogP contribution >= 0.6 is 11.6 Å². The molecule has 0 aliphatic carbocycles. The van der Waals surface area contributed by atoms with Crippen LogP contribution in [0.1, 0.15) is 31.4 Å². The van der Waals surface area contributed by atoms with Gasteiger partial charge in [0.05, 0.1) is 18.2 Å². The Kier molecular flexibility index (Phi) is 5.60. The maximum absolute atomic E-state index is 13.1. The lowest BCUT2D eigenvalue weighted by Gasteiger charge is -2.37. The molecule has 6 nitrogen and oxygen atoms in total. The summed E-state index contributed by atoms with van der Waals surface area (Å²) < 4.78 is 13.1. The number of aromatic nitrogens is 2. The molecule has 1 saturated heterocycles. The lowest BCUT2D eigenvalue weighted by atomic mass is 9.92. The summed E-state index contributed by atoms with van der Waals surface area (Å²) in [6.45, 7) is 2.82. The van der Waals surface area contributed by atoms with Crippen molar-refractivity contribution in [1.29, 1.82) is 0 Å². The van der Waals surface area contributed by atoms with Gasteiger partial charge in [0, 0.05) is 19.2 Å². The summed E-state index contributed by atoms with van der Waals surface area (Å²) >= 11 is 6.15. The van der Waals surface area contributed by atoms with Crippen LogP contribution in [-0.2, 0) is 0 Å². The van der Waals surface area contributed by atoms with E-state index in [1.54, 1.807) is 18.2 Å². The number of anilines is 2. The summed E-state index contributed by atoms with van der Waals surface area (Å²) in [5.74, 6) is 0.765. The second-order valence-corrected chi connectivity index (χ2v) is 7.05. The highest BCUT2D eigenvalue weighted by Crippen LogP contribution is 2.27. The molecule has 140 valence electrons. The highest BCUT2D eigenvalue weighted by atomic mass is 35.5. The Labute approximate surface area is 156 Å². The summed E-state index contributed by atoms with van der Waals surface area (Å²) in [5.41, 5.74) is -0.117. The van der Waals surface area contributed by atoms with E-state index < -0.39 is 5.60 Å². The zero-order valence-electron chi connectivity index (χ0n) is 14.5. The molecule has 1 aliphatic rings. The average molecular weight is 381 g/mol. The molecule has 0 radical (unpaired) electrons. The van der Waals surface area contributed by atoms with Crippen molar-refractivity contribution in [3.8, 4) is 0 Å². The van der Waals surface area contributed by atoms with E-state index in [4.69, 9.17) is 11.6 Å². The molecule has 0 spiro atoms. The third kappa shape index (κ3) is 4.41. The van der Waals surface area contributed by atoms with Crippen molar-refractivity contribution in [3.05, 3.63) is 46.9 Å². The van der Waals surface area contributed by atoms with Crippen LogP contribution < -0.4 is 10.2 Å². The van der Waals surface area contributed by atoms with E-state index in [0.717, 1.165) is 5.56 Å². The topological polar surface area (TPSA) is 81.5 Å². The van der Waals surface area contributed by atoms with E-state index >= 15 is 0 Å². The maximum Gasteiger partial charge on any atom is 0.226 e. The van der Waals surface area contributed by atoms with E-state index in [-0.39, 0.29) is 18.5 Å². The molecule has 1 atom stereocenters. The van der Waals surface area contributed by atoms with E-state index in [1.165, 1.54) is 12.1 Å². The molecule has 1 aliphatic heterocycles. The number of piperidine rings is 1. The van der Waals surface area contributed by atoms with E-state index in [0.29, 0.717) is 42.9 Å². The van der Waals surface area contributed by atoms with E-state index in [1.807, 2.05) is 11.8 Å². The molecular weight excluding hydrogens is 359 g/mol. The first-order chi connectivity index (χ1) is 12.4. The molecule has 0 bridgehead atoms. The van der Waals surface area contributed by atoms with Crippen molar-refractivity contribution < 1.29 is 14.6 Å². The smallest absolute Gasteiger partial charge is 0.226 e. The van der Waals surface area contributed by atoms with Crippen molar-refractivity contribution in [2.75, 3.05) is 29.9 Å². The molecule has 1 aromatic carbocycles. The first-order valence-corrected chi connectivity index (χ1v) is 8.91. The van der Waals surface area contributed by atoms with Crippen molar-refractivity contribution in [3.63, 3.8) is 0 Å². The van der Waals surface area contributed by atoms with Gasteiger partial charge in [-0.25, -0.2) is 9.37 Å². The molecular formula is C18H22ClFN4O2. The summed E-state index contributed by atoms with van der Waals surface area (Å²) in [6.07, 6.45) is 0.916. The molecule has 8 heteroatoms. The lowest BCUT2D eigenvalue weighted by Crippen LogP contribution is -2.46. The van der Waals surface area contributed by atoms with Crippen molar-refractivity contribution >= 4 is 23.4 Å². The fraction of sp³-hybridized carbons (Fsp3) is 0.444. The van der Waals surface area contributed by atoms with Gasteiger partial charge in [0.25, 0.3) is 0 Å². The third-order valence-electron chi connectivity index (χ3n) is 4.71. The maximum atomic E-state index is 13.1. The van der Waals surface area contributed by atoms with Crippen LogP contribution in [-0.4, -0.2) is 45.5 Å². The normalized spacial score (nSPS) is 17.8. The van der Waals surface area contributed by atoms with Crippen LogP contribution in [0.15, 0.2) is 30.3 Å². The fourth-order valence-electron chi connectivity index (χ4n) is 2.97. The Bertz CT molecular complexity index is 751. The predicted octanol–water partition coefficient (Wildman–Crippen LogP) is 2.77. The van der Waals surface area contributed by atoms with Gasteiger partial charge in [-0.1, -0.05) is 23.7 Å². The Morgan fingerprint density at radius 1 is 1.27 bits per heavy atom. The lowest BCUT2D eigenvalue weighted by molar-refractivity contribution is -0.0326. The van der Waals surface area contributed by atoms with Crippen LogP contribution in [0.25, 0.3) is 0 Å². The first kappa shape index (κ1) is 18.8. The van der Waals surface area contributed by atoms with E-state index in [2.05, 4.69) is 15.3 Å². The molecule has 3 rings (SSSR count). The average Bonchev–Trinajstić information content (AvgIpc) is 2.62. The number of benzene rings is 1. The largest absolute Gasteiger partial charge is 0.393 e. The van der Waals surface area contributed by atoms with Crippen LogP contribution in [0.3, 0.4) is 0 Å². The number of hydrogen-bond donors (Lipinski definition) is 3. The molecule has 0 amide bonds. The number of rotatable bonds is 5. The minimum absolute atomic E-state index is 0.122. The summed E-state index contributed by atoms with van der Waals surface area (Å²) in [7, 11) is 0. The number of aliphatic hydroxyl groups excluding tert-OH is 1. The summed E-state index contributed by atoms with van der Waals surface area (Å²) in [4.78, 5) is 10.7. The van der Waals surface area contributed by atoms with Crippen LogP contribution in [0, 0.1) is 5.82 Å². The van der Waals surface area contributed by atoms with Gasteiger partial charge >= 0.3 is 0 Å². The van der Waals surface area contributed by atoms with Crippen LogP contribution in [0.4, 0.5) is 16.2 Å². The van der Waals surface area contributed by atoms with Crippen molar-refractivity contribution in [2.45, 2.75) is 31.4 Å². The molecule has 1 aromatic heterocycles. The van der Waals surface area contributed by atoms with Gasteiger partial charge < -0.3 is 20.4 Å². The second-order valence-electron chi connectivity index (χ2n) is 6.66. The Balaban J connectivity index is 1.72.